The molecule has 5 atom stereocenters. The minimum atomic E-state index is -5.22. The van der Waals surface area contributed by atoms with Gasteiger partial charge in [-0.2, -0.15) is 13.2 Å². The fourth-order valence-corrected chi connectivity index (χ4v) is 3.55. The van der Waals surface area contributed by atoms with Gasteiger partial charge in [0.15, 0.2) is 11.3 Å². The van der Waals surface area contributed by atoms with Crippen LogP contribution in [0.2, 0.25) is 0 Å². The zero-order chi connectivity index (χ0) is 17.9. The van der Waals surface area contributed by atoms with Gasteiger partial charge in [0.05, 0.1) is 12.6 Å². The Hall–Kier alpha value is -1.11. The number of nitrogens with zero attached hydrogens (tertiary/aromatic N) is 1. The number of hydrogen-bond acceptors (Lipinski definition) is 7. The van der Waals surface area contributed by atoms with Gasteiger partial charge in [-0.1, -0.05) is 11.8 Å². The number of alkyl halides is 4. The second-order valence-electron chi connectivity index (χ2n) is 5.08. The third kappa shape index (κ3) is 4.29. The maximum atomic E-state index is 12.4. The second kappa shape index (κ2) is 7.85. The Morgan fingerprint density at radius 2 is 2.17 bits per heavy atom. The van der Waals surface area contributed by atoms with Crippen LogP contribution in [0.4, 0.5) is 17.6 Å². The first kappa shape index (κ1) is 19.2. The van der Waals surface area contributed by atoms with E-state index >= 15 is 0 Å². The van der Waals surface area contributed by atoms with Gasteiger partial charge in [0.1, 0.15) is 24.3 Å². The number of rotatable bonds is 5. The molecule has 138 valence electrons. The van der Waals surface area contributed by atoms with E-state index in [4.69, 9.17) is 9.84 Å². The number of carbonyl (C=O) groups excluding carboxylic acids is 1. The van der Waals surface area contributed by atoms with Gasteiger partial charge in [-0.25, -0.2) is 9.18 Å². The topological polar surface area (TPSA) is 100 Å². The zero-order valence-corrected chi connectivity index (χ0v) is 13.0. The molecule has 2 saturated heterocycles. The number of amidine groups is 1. The highest BCUT2D eigenvalue weighted by Gasteiger charge is 2.53. The van der Waals surface area contributed by atoms with Crippen molar-refractivity contribution in [1.29, 1.82) is 0 Å². The summed E-state index contributed by atoms with van der Waals surface area (Å²) in [6.07, 6.45) is -9.59. The molecular weight excluding hydrogens is 360 g/mol. The Bertz CT molecular complexity index is 493. The van der Waals surface area contributed by atoms with Gasteiger partial charge < -0.3 is 25.0 Å². The number of aliphatic hydroxyl groups excluding tert-OH is 2. The van der Waals surface area contributed by atoms with Crippen LogP contribution < -0.4 is 5.32 Å². The lowest BCUT2D eigenvalue weighted by Crippen LogP contribution is -2.60. The number of halogens is 4. The van der Waals surface area contributed by atoms with Crippen LogP contribution in [0.1, 0.15) is 6.42 Å². The van der Waals surface area contributed by atoms with E-state index in [2.05, 4.69) is 15.0 Å². The van der Waals surface area contributed by atoms with Crippen molar-refractivity contribution in [2.75, 3.05) is 19.8 Å². The number of esters is 1. The number of carbonyl (C=O) groups is 1. The molecule has 2 rings (SSSR count). The van der Waals surface area contributed by atoms with Crippen molar-refractivity contribution < 1.29 is 42.0 Å². The number of aliphatic imine (C=N–C) groups is 1. The van der Waals surface area contributed by atoms with Crippen LogP contribution in [0.5, 0.6) is 0 Å². The molecule has 0 spiro atoms. The maximum Gasteiger partial charge on any atom is 0.490 e. The number of nitrogens with one attached hydrogen (secondary N) is 1. The predicted molar refractivity (Wildman–Crippen MR) is 75.1 cm³/mol. The van der Waals surface area contributed by atoms with E-state index in [-0.39, 0.29) is 18.1 Å². The summed E-state index contributed by atoms with van der Waals surface area (Å²) in [6, 6.07) is -0.880. The van der Waals surface area contributed by atoms with Crippen molar-refractivity contribution in [3.05, 3.63) is 0 Å². The molecule has 2 fully saturated rings. The summed E-state index contributed by atoms with van der Waals surface area (Å²) in [5.41, 5.74) is -0.712. The van der Waals surface area contributed by atoms with Crippen LogP contribution in [0.3, 0.4) is 0 Å². The molecule has 0 saturated carbocycles. The molecule has 12 heteroatoms. The van der Waals surface area contributed by atoms with Crippen molar-refractivity contribution in [3.8, 4) is 0 Å². The minimum Gasteiger partial charge on any atom is -0.450 e. The summed E-state index contributed by atoms with van der Waals surface area (Å²) >= 11 is 1.04. The van der Waals surface area contributed by atoms with E-state index in [9.17, 15) is 27.5 Å². The lowest BCUT2D eigenvalue weighted by molar-refractivity contribution is -0.229. The number of fused-ring (bicyclic) bond motifs is 1. The SMILES string of the molecule is O=C(O[C@H]1[C@H](O)[C@H]2NC(=NCCF)S[C@H]2O[C@@H]1CCO)C(F)(F)F. The molecule has 24 heavy (non-hydrogen) atoms. The summed E-state index contributed by atoms with van der Waals surface area (Å²) in [6.45, 7) is -1.24. The highest BCUT2D eigenvalue weighted by atomic mass is 32.2. The van der Waals surface area contributed by atoms with Gasteiger partial charge in [-0.15, -0.1) is 0 Å². The molecule has 0 bridgehead atoms. The molecule has 0 unspecified atom stereocenters. The van der Waals surface area contributed by atoms with Gasteiger partial charge in [-0.05, 0) is 0 Å². The maximum absolute atomic E-state index is 12.4. The number of thioether (sulfide) groups is 1. The van der Waals surface area contributed by atoms with Crippen molar-refractivity contribution in [1.82, 2.24) is 5.32 Å². The second-order valence-corrected chi connectivity index (χ2v) is 6.16. The Morgan fingerprint density at radius 3 is 2.75 bits per heavy atom. The van der Waals surface area contributed by atoms with E-state index in [0.717, 1.165) is 11.8 Å². The summed E-state index contributed by atoms with van der Waals surface area (Å²) in [4.78, 5) is 14.9. The first-order valence-corrected chi connectivity index (χ1v) is 7.91. The molecule has 2 aliphatic heterocycles. The molecule has 0 aromatic rings. The van der Waals surface area contributed by atoms with Crippen molar-refractivity contribution in [2.24, 2.45) is 4.99 Å². The quantitative estimate of drug-likeness (QED) is 0.457. The first-order chi connectivity index (χ1) is 11.3. The van der Waals surface area contributed by atoms with Gasteiger partial charge in [0.25, 0.3) is 0 Å². The zero-order valence-electron chi connectivity index (χ0n) is 12.2. The van der Waals surface area contributed by atoms with Gasteiger partial charge >= 0.3 is 12.1 Å². The Morgan fingerprint density at radius 1 is 1.46 bits per heavy atom. The smallest absolute Gasteiger partial charge is 0.450 e. The average molecular weight is 376 g/mol. The van der Waals surface area contributed by atoms with Crippen molar-refractivity contribution in [3.63, 3.8) is 0 Å². The fraction of sp³-hybridized carbons (Fsp3) is 0.833. The number of hydrogen-bond donors (Lipinski definition) is 3. The summed E-state index contributed by atoms with van der Waals surface area (Å²) in [5.74, 6) is -2.45. The molecule has 3 N–H and O–H groups in total. The summed E-state index contributed by atoms with van der Waals surface area (Å²) in [5, 5.41) is 22.3. The van der Waals surface area contributed by atoms with E-state index in [1.807, 2.05) is 0 Å². The van der Waals surface area contributed by atoms with E-state index in [0.29, 0.717) is 0 Å². The van der Waals surface area contributed by atoms with E-state index in [1.165, 1.54) is 0 Å². The van der Waals surface area contributed by atoms with E-state index in [1.54, 1.807) is 0 Å². The molecule has 0 amide bonds. The lowest BCUT2D eigenvalue weighted by Gasteiger charge is -2.40. The van der Waals surface area contributed by atoms with Crippen LogP contribution >= 0.6 is 11.8 Å². The molecule has 7 nitrogen and oxygen atoms in total. The third-order valence-electron chi connectivity index (χ3n) is 3.42. The van der Waals surface area contributed by atoms with Gasteiger partial charge in [0.2, 0.25) is 0 Å². The Labute approximate surface area is 138 Å². The predicted octanol–water partition coefficient (Wildman–Crippen LogP) is -0.0408. The highest BCUT2D eigenvalue weighted by Crippen LogP contribution is 2.36. The molecule has 0 aliphatic carbocycles. The Kier molecular flexibility index (Phi) is 6.28. The molecule has 0 aromatic heterocycles. The largest absolute Gasteiger partial charge is 0.490 e. The molecule has 2 heterocycles. The standard InChI is InChI=1S/C12H16F4N2O5S/c13-2-3-17-11-18-6-7(20)8(23-10(21)12(14,15)16)5(1-4-19)22-9(6)24-11/h5-9,19-20H,1-4H2,(H,17,18)/t5-,6-,7-,8-,9-/m1/s1. The van der Waals surface area contributed by atoms with Crippen LogP contribution in [-0.4, -0.2) is 77.1 Å². The monoisotopic (exact) mass is 376 g/mol. The van der Waals surface area contributed by atoms with Gasteiger partial charge in [0, 0.05) is 13.0 Å². The van der Waals surface area contributed by atoms with Crippen LogP contribution in [0.15, 0.2) is 4.99 Å². The molecular formula is C12H16F4N2O5S. The minimum absolute atomic E-state index is 0.114. The lowest BCUT2D eigenvalue weighted by atomic mass is 9.96. The molecule has 0 radical (unpaired) electrons. The first-order valence-electron chi connectivity index (χ1n) is 7.03. The molecule has 0 aromatic carbocycles. The van der Waals surface area contributed by atoms with Gasteiger partial charge in [-0.3, -0.25) is 4.99 Å². The fourth-order valence-electron chi connectivity index (χ4n) is 2.38. The number of aliphatic hydroxyl groups is 2. The van der Waals surface area contributed by atoms with Crippen molar-refractivity contribution in [2.45, 2.75) is 42.4 Å². The average Bonchev–Trinajstić information content (AvgIpc) is 2.91. The molecule has 2 aliphatic rings. The normalized spacial score (nSPS) is 34.8. The van der Waals surface area contributed by atoms with Crippen LogP contribution in [0.25, 0.3) is 0 Å². The van der Waals surface area contributed by atoms with Crippen LogP contribution in [0, 0.1) is 0 Å². The highest BCUT2D eigenvalue weighted by molar-refractivity contribution is 8.14. The van der Waals surface area contributed by atoms with Crippen LogP contribution in [-0.2, 0) is 14.3 Å². The van der Waals surface area contributed by atoms with Crippen molar-refractivity contribution >= 4 is 22.9 Å². The number of ether oxygens (including phenoxy) is 2. The van der Waals surface area contributed by atoms with E-state index < -0.39 is 55.2 Å². The summed E-state index contributed by atoms with van der Waals surface area (Å²) in [7, 11) is 0. The Balaban J connectivity index is 2.13. The summed E-state index contributed by atoms with van der Waals surface area (Å²) < 4.78 is 59.2. The third-order valence-corrected chi connectivity index (χ3v) is 4.53.